The molecule has 1 aromatic rings. The number of carbonyl (C=O) groups is 1. The number of aromatic nitrogens is 2. The molecule has 94 valence electrons. The standard InChI is InChI=1S/C11H17N3O2S/c1-6(2)8-12-10(17-14-8)13-11(3,9(15)16)7-4-5-7/h6-7H,4-5H2,1-3H3,(H,15,16)(H,12,13,14). The van der Waals surface area contributed by atoms with Crippen LogP contribution in [-0.2, 0) is 4.79 Å². The maximum absolute atomic E-state index is 11.3. The van der Waals surface area contributed by atoms with E-state index in [2.05, 4.69) is 14.7 Å². The van der Waals surface area contributed by atoms with Crippen molar-refractivity contribution in [3.63, 3.8) is 0 Å². The molecule has 2 rings (SSSR count). The quantitative estimate of drug-likeness (QED) is 0.844. The lowest BCUT2D eigenvalue weighted by atomic mass is 9.96. The van der Waals surface area contributed by atoms with E-state index in [4.69, 9.17) is 0 Å². The molecule has 1 fully saturated rings. The minimum absolute atomic E-state index is 0.200. The average Bonchev–Trinajstić information content (AvgIpc) is 3.00. The SMILES string of the molecule is CC(C)c1nsc(NC(C)(C(=O)O)C2CC2)n1. The normalized spacial score (nSPS) is 19.1. The average molecular weight is 255 g/mol. The van der Waals surface area contributed by atoms with Crippen LogP contribution in [0.15, 0.2) is 0 Å². The summed E-state index contributed by atoms with van der Waals surface area (Å²) in [6.45, 7) is 5.76. The summed E-state index contributed by atoms with van der Waals surface area (Å²) in [6.07, 6.45) is 1.93. The Kier molecular flexibility index (Phi) is 3.07. The van der Waals surface area contributed by atoms with Crippen LogP contribution in [0.1, 0.15) is 45.4 Å². The lowest BCUT2D eigenvalue weighted by molar-refractivity contribution is -0.142. The molecule has 0 aromatic carbocycles. The highest BCUT2D eigenvalue weighted by molar-refractivity contribution is 7.09. The van der Waals surface area contributed by atoms with Gasteiger partial charge in [0.25, 0.3) is 0 Å². The Balaban J connectivity index is 2.14. The molecule has 5 nitrogen and oxygen atoms in total. The van der Waals surface area contributed by atoms with Gasteiger partial charge in [-0.1, -0.05) is 13.8 Å². The van der Waals surface area contributed by atoms with Crippen molar-refractivity contribution in [3.8, 4) is 0 Å². The fourth-order valence-corrected chi connectivity index (χ4v) is 2.56. The van der Waals surface area contributed by atoms with Crippen molar-refractivity contribution in [2.24, 2.45) is 5.92 Å². The smallest absolute Gasteiger partial charge is 0.329 e. The monoisotopic (exact) mass is 255 g/mol. The summed E-state index contributed by atoms with van der Waals surface area (Å²) in [4.78, 5) is 15.7. The van der Waals surface area contributed by atoms with Gasteiger partial charge in [-0.15, -0.1) is 0 Å². The van der Waals surface area contributed by atoms with E-state index in [1.54, 1.807) is 6.92 Å². The number of hydrogen-bond donors (Lipinski definition) is 2. The predicted molar refractivity (Wildman–Crippen MR) is 66.4 cm³/mol. The van der Waals surface area contributed by atoms with E-state index < -0.39 is 11.5 Å². The predicted octanol–water partition coefficient (Wildman–Crippen LogP) is 2.33. The van der Waals surface area contributed by atoms with Gasteiger partial charge in [0.2, 0.25) is 5.13 Å². The van der Waals surface area contributed by atoms with Crippen LogP contribution in [0.2, 0.25) is 0 Å². The van der Waals surface area contributed by atoms with E-state index in [0.29, 0.717) is 5.13 Å². The Hall–Kier alpha value is -1.17. The van der Waals surface area contributed by atoms with Crippen molar-refractivity contribution < 1.29 is 9.90 Å². The zero-order valence-electron chi connectivity index (χ0n) is 10.2. The second kappa shape index (κ2) is 4.25. The minimum atomic E-state index is -0.909. The molecular formula is C11H17N3O2S. The first kappa shape index (κ1) is 12.3. The molecule has 0 bridgehead atoms. The molecule has 2 N–H and O–H groups in total. The van der Waals surface area contributed by atoms with Crippen molar-refractivity contribution in [3.05, 3.63) is 5.82 Å². The van der Waals surface area contributed by atoms with Gasteiger partial charge in [-0.05, 0) is 25.7 Å². The van der Waals surface area contributed by atoms with Crippen LogP contribution in [0.5, 0.6) is 0 Å². The number of carboxylic acid groups (broad SMARTS) is 1. The van der Waals surface area contributed by atoms with Gasteiger partial charge >= 0.3 is 5.97 Å². The van der Waals surface area contributed by atoms with Gasteiger partial charge in [0, 0.05) is 17.5 Å². The zero-order valence-corrected chi connectivity index (χ0v) is 11.0. The van der Waals surface area contributed by atoms with Crippen LogP contribution < -0.4 is 5.32 Å². The molecule has 0 amide bonds. The second-order valence-electron chi connectivity index (χ2n) is 5.02. The molecule has 6 heteroatoms. The third-order valence-corrected chi connectivity index (χ3v) is 3.81. The van der Waals surface area contributed by atoms with E-state index in [9.17, 15) is 9.90 Å². The van der Waals surface area contributed by atoms with Crippen molar-refractivity contribution in [2.75, 3.05) is 5.32 Å². The molecule has 1 aliphatic carbocycles. The first-order chi connectivity index (χ1) is 7.93. The van der Waals surface area contributed by atoms with E-state index in [0.717, 1.165) is 18.7 Å². The minimum Gasteiger partial charge on any atom is -0.480 e. The molecule has 1 atom stereocenters. The number of nitrogens with zero attached hydrogens (tertiary/aromatic N) is 2. The van der Waals surface area contributed by atoms with Crippen LogP contribution in [0.4, 0.5) is 5.13 Å². The Morgan fingerprint density at radius 1 is 1.59 bits per heavy atom. The summed E-state index contributed by atoms with van der Waals surface area (Å²) >= 11 is 1.23. The molecule has 1 heterocycles. The highest BCUT2D eigenvalue weighted by Crippen LogP contribution is 2.41. The van der Waals surface area contributed by atoms with E-state index in [1.165, 1.54) is 11.5 Å². The van der Waals surface area contributed by atoms with Gasteiger partial charge in [0.1, 0.15) is 11.4 Å². The van der Waals surface area contributed by atoms with Crippen LogP contribution in [0.3, 0.4) is 0 Å². The zero-order chi connectivity index (χ0) is 12.6. The first-order valence-electron chi connectivity index (χ1n) is 5.78. The third kappa shape index (κ3) is 2.41. The van der Waals surface area contributed by atoms with Gasteiger partial charge in [0.15, 0.2) is 0 Å². The second-order valence-corrected chi connectivity index (χ2v) is 5.77. The largest absolute Gasteiger partial charge is 0.480 e. The summed E-state index contributed by atoms with van der Waals surface area (Å²) in [5, 5.41) is 13.0. The Bertz CT molecular complexity index is 428. The maximum atomic E-state index is 11.3. The molecule has 0 radical (unpaired) electrons. The van der Waals surface area contributed by atoms with Crippen LogP contribution >= 0.6 is 11.5 Å². The fraction of sp³-hybridized carbons (Fsp3) is 0.727. The molecule has 1 saturated carbocycles. The summed E-state index contributed by atoms with van der Waals surface area (Å²) in [5.41, 5.74) is -0.909. The van der Waals surface area contributed by atoms with E-state index in [-0.39, 0.29) is 11.8 Å². The Morgan fingerprint density at radius 3 is 2.65 bits per heavy atom. The molecule has 0 spiro atoms. The van der Waals surface area contributed by atoms with Crippen LogP contribution in [0.25, 0.3) is 0 Å². The highest BCUT2D eigenvalue weighted by Gasteiger charge is 2.48. The number of hydrogen-bond acceptors (Lipinski definition) is 5. The lowest BCUT2D eigenvalue weighted by Crippen LogP contribution is -2.45. The Morgan fingerprint density at radius 2 is 2.24 bits per heavy atom. The topological polar surface area (TPSA) is 75.1 Å². The highest BCUT2D eigenvalue weighted by atomic mass is 32.1. The number of aliphatic carboxylic acids is 1. The number of rotatable bonds is 5. The van der Waals surface area contributed by atoms with Gasteiger partial charge in [0.05, 0.1) is 0 Å². The van der Waals surface area contributed by atoms with Gasteiger partial charge in [-0.25, -0.2) is 9.78 Å². The maximum Gasteiger partial charge on any atom is 0.329 e. The number of carboxylic acids is 1. The first-order valence-corrected chi connectivity index (χ1v) is 6.56. The number of anilines is 1. The van der Waals surface area contributed by atoms with Crippen molar-refractivity contribution in [1.82, 2.24) is 9.36 Å². The molecule has 1 aliphatic rings. The van der Waals surface area contributed by atoms with Gasteiger partial charge in [-0.3, -0.25) is 0 Å². The van der Waals surface area contributed by atoms with E-state index >= 15 is 0 Å². The third-order valence-electron chi connectivity index (χ3n) is 3.16. The van der Waals surface area contributed by atoms with Crippen LogP contribution in [-0.4, -0.2) is 26.0 Å². The molecule has 0 saturated heterocycles. The van der Waals surface area contributed by atoms with Crippen molar-refractivity contribution in [1.29, 1.82) is 0 Å². The number of nitrogens with one attached hydrogen (secondary N) is 1. The molecule has 1 unspecified atom stereocenters. The Labute approximate surface area is 104 Å². The van der Waals surface area contributed by atoms with Crippen molar-refractivity contribution in [2.45, 2.75) is 45.1 Å². The summed E-state index contributed by atoms with van der Waals surface area (Å²) < 4.78 is 4.21. The summed E-state index contributed by atoms with van der Waals surface area (Å²) in [6, 6.07) is 0. The fourth-order valence-electron chi connectivity index (χ4n) is 1.73. The lowest BCUT2D eigenvalue weighted by Gasteiger charge is -2.25. The molecule has 0 aliphatic heterocycles. The summed E-state index contributed by atoms with van der Waals surface area (Å²) in [5.74, 6) is 0.410. The molecule has 1 aromatic heterocycles. The van der Waals surface area contributed by atoms with Gasteiger partial charge < -0.3 is 10.4 Å². The van der Waals surface area contributed by atoms with Gasteiger partial charge in [-0.2, -0.15) is 4.37 Å². The molecule has 17 heavy (non-hydrogen) atoms. The van der Waals surface area contributed by atoms with Crippen LogP contribution in [0, 0.1) is 5.92 Å². The van der Waals surface area contributed by atoms with E-state index in [1.807, 2.05) is 13.8 Å². The van der Waals surface area contributed by atoms with Crippen molar-refractivity contribution >= 4 is 22.6 Å². The molecular weight excluding hydrogens is 238 g/mol. The summed E-state index contributed by atoms with van der Waals surface area (Å²) in [7, 11) is 0.